The van der Waals surface area contributed by atoms with Crippen LogP contribution in [-0.2, 0) is 14.8 Å². The number of halogens is 1. The van der Waals surface area contributed by atoms with Crippen molar-refractivity contribution in [1.29, 1.82) is 0 Å². The molecule has 0 aliphatic carbocycles. The standard InChI is InChI=1S/C19H20FN3O5S2/c20-14-1-7-18(8-2-14)30(27,28)21-15-9-11-22(12-10-15)19(24)13-29-17-5-3-16(4-6-17)23(25)26/h1-8,15,21H,9-13H2. The van der Waals surface area contributed by atoms with Crippen LogP contribution < -0.4 is 4.72 Å². The molecule has 0 bridgehead atoms. The normalized spacial score (nSPS) is 15.2. The summed E-state index contributed by atoms with van der Waals surface area (Å²) in [4.78, 5) is 25.1. The fourth-order valence-electron chi connectivity index (χ4n) is 3.05. The summed E-state index contributed by atoms with van der Waals surface area (Å²) >= 11 is 1.30. The Hall–Kier alpha value is -2.50. The van der Waals surface area contributed by atoms with Crippen LogP contribution in [0.1, 0.15) is 12.8 Å². The van der Waals surface area contributed by atoms with Gasteiger partial charge >= 0.3 is 0 Å². The highest BCUT2D eigenvalue weighted by atomic mass is 32.2. The van der Waals surface area contributed by atoms with Crippen molar-refractivity contribution in [2.24, 2.45) is 0 Å². The van der Waals surface area contributed by atoms with Crippen molar-refractivity contribution in [3.05, 3.63) is 64.5 Å². The van der Waals surface area contributed by atoms with Gasteiger partial charge in [0, 0.05) is 36.2 Å². The Morgan fingerprint density at radius 1 is 1.13 bits per heavy atom. The van der Waals surface area contributed by atoms with E-state index in [1.807, 2.05) is 0 Å². The largest absolute Gasteiger partial charge is 0.342 e. The van der Waals surface area contributed by atoms with Crippen molar-refractivity contribution >= 4 is 33.4 Å². The maximum absolute atomic E-state index is 13.0. The van der Waals surface area contributed by atoms with Crippen LogP contribution in [0.25, 0.3) is 0 Å². The van der Waals surface area contributed by atoms with E-state index in [2.05, 4.69) is 4.72 Å². The quantitative estimate of drug-likeness (QED) is 0.392. The Bertz CT molecular complexity index is 1010. The molecule has 11 heteroatoms. The molecule has 160 valence electrons. The van der Waals surface area contributed by atoms with Crippen molar-refractivity contribution in [2.45, 2.75) is 28.7 Å². The summed E-state index contributed by atoms with van der Waals surface area (Å²) in [5, 5.41) is 10.7. The lowest BCUT2D eigenvalue weighted by atomic mass is 10.1. The first-order chi connectivity index (χ1) is 14.2. The summed E-state index contributed by atoms with van der Waals surface area (Å²) < 4.78 is 40.4. The van der Waals surface area contributed by atoms with Crippen molar-refractivity contribution in [2.75, 3.05) is 18.8 Å². The second kappa shape index (κ2) is 9.54. The molecule has 0 spiro atoms. The molecule has 0 radical (unpaired) electrons. The van der Waals surface area contributed by atoms with E-state index in [0.717, 1.165) is 17.0 Å². The van der Waals surface area contributed by atoms with Gasteiger partial charge in [-0.25, -0.2) is 17.5 Å². The maximum atomic E-state index is 13.0. The minimum Gasteiger partial charge on any atom is -0.342 e. The number of piperidine rings is 1. The Balaban J connectivity index is 1.47. The number of benzene rings is 2. The minimum absolute atomic E-state index is 0.00176. The van der Waals surface area contributed by atoms with Gasteiger partial charge in [-0.15, -0.1) is 11.8 Å². The molecular formula is C19H20FN3O5S2. The predicted octanol–water partition coefficient (Wildman–Crippen LogP) is 2.80. The Morgan fingerprint density at radius 3 is 2.30 bits per heavy atom. The molecule has 1 N–H and O–H groups in total. The van der Waals surface area contributed by atoms with Crippen LogP contribution in [-0.4, -0.2) is 49.0 Å². The Labute approximate surface area is 177 Å². The second-order valence-electron chi connectivity index (χ2n) is 6.77. The van der Waals surface area contributed by atoms with Crippen LogP contribution in [0.5, 0.6) is 0 Å². The van der Waals surface area contributed by atoms with Gasteiger partial charge in [-0.2, -0.15) is 0 Å². The number of carbonyl (C=O) groups excluding carboxylic acids is 1. The van der Waals surface area contributed by atoms with E-state index in [4.69, 9.17) is 0 Å². The first-order valence-electron chi connectivity index (χ1n) is 9.17. The van der Waals surface area contributed by atoms with Gasteiger partial charge in [0.25, 0.3) is 5.69 Å². The van der Waals surface area contributed by atoms with Crippen molar-refractivity contribution in [3.8, 4) is 0 Å². The van der Waals surface area contributed by atoms with Crippen LogP contribution >= 0.6 is 11.8 Å². The lowest BCUT2D eigenvalue weighted by Gasteiger charge is -2.32. The molecule has 1 fully saturated rings. The molecule has 2 aromatic carbocycles. The molecule has 0 aromatic heterocycles. The molecule has 0 saturated carbocycles. The summed E-state index contributed by atoms with van der Waals surface area (Å²) in [6.07, 6.45) is 0.961. The highest BCUT2D eigenvalue weighted by molar-refractivity contribution is 8.00. The van der Waals surface area contributed by atoms with E-state index in [0.29, 0.717) is 25.9 Å². The summed E-state index contributed by atoms with van der Waals surface area (Å²) in [6.45, 7) is 0.854. The third-order valence-corrected chi connectivity index (χ3v) is 7.24. The third kappa shape index (κ3) is 5.77. The highest BCUT2D eigenvalue weighted by Crippen LogP contribution is 2.23. The van der Waals surface area contributed by atoms with E-state index in [9.17, 15) is 27.7 Å². The molecule has 0 atom stereocenters. The van der Waals surface area contributed by atoms with Crippen LogP contribution in [0.2, 0.25) is 0 Å². The number of nitro groups is 1. The van der Waals surface area contributed by atoms with Crippen LogP contribution in [0.3, 0.4) is 0 Å². The van der Waals surface area contributed by atoms with E-state index >= 15 is 0 Å². The van der Waals surface area contributed by atoms with Gasteiger partial charge in [-0.05, 0) is 49.2 Å². The molecule has 1 amide bonds. The molecule has 2 aromatic rings. The Morgan fingerprint density at radius 2 is 1.73 bits per heavy atom. The van der Waals surface area contributed by atoms with Gasteiger partial charge in [0.05, 0.1) is 15.6 Å². The van der Waals surface area contributed by atoms with Gasteiger partial charge in [0.1, 0.15) is 5.82 Å². The maximum Gasteiger partial charge on any atom is 0.269 e. The third-order valence-electron chi connectivity index (χ3n) is 4.70. The predicted molar refractivity (Wildman–Crippen MR) is 110 cm³/mol. The second-order valence-corrected chi connectivity index (χ2v) is 9.53. The molecule has 3 rings (SSSR count). The molecule has 1 heterocycles. The molecule has 1 aliphatic rings. The molecule has 0 unspecified atom stereocenters. The number of nitrogens with zero attached hydrogens (tertiary/aromatic N) is 2. The minimum atomic E-state index is -3.74. The number of sulfonamides is 1. The number of thioether (sulfide) groups is 1. The summed E-state index contributed by atoms with van der Waals surface area (Å²) in [5.74, 6) is -0.380. The van der Waals surface area contributed by atoms with Gasteiger partial charge in [0.15, 0.2) is 0 Å². The van der Waals surface area contributed by atoms with Gasteiger partial charge in [-0.3, -0.25) is 14.9 Å². The van der Waals surface area contributed by atoms with Gasteiger partial charge < -0.3 is 4.90 Å². The first-order valence-corrected chi connectivity index (χ1v) is 11.6. The average Bonchev–Trinajstić information content (AvgIpc) is 2.73. The van der Waals surface area contributed by atoms with Gasteiger partial charge in [-0.1, -0.05) is 0 Å². The molecule has 1 saturated heterocycles. The summed E-state index contributed by atoms with van der Waals surface area (Å²) in [5.41, 5.74) is -0.00385. The monoisotopic (exact) mass is 453 g/mol. The van der Waals surface area contributed by atoms with Crippen molar-refractivity contribution in [3.63, 3.8) is 0 Å². The van der Waals surface area contributed by atoms with E-state index < -0.39 is 20.8 Å². The van der Waals surface area contributed by atoms with Crippen molar-refractivity contribution < 1.29 is 22.5 Å². The fraction of sp³-hybridized carbons (Fsp3) is 0.316. The lowest BCUT2D eigenvalue weighted by molar-refractivity contribution is -0.384. The lowest BCUT2D eigenvalue weighted by Crippen LogP contribution is -2.47. The van der Waals surface area contributed by atoms with E-state index in [1.165, 1.54) is 36.0 Å². The molecular weight excluding hydrogens is 433 g/mol. The van der Waals surface area contributed by atoms with Gasteiger partial charge in [0.2, 0.25) is 15.9 Å². The molecule has 30 heavy (non-hydrogen) atoms. The Kier molecular flexibility index (Phi) is 7.06. The number of hydrogen-bond donors (Lipinski definition) is 1. The number of likely N-dealkylation sites (tertiary alicyclic amines) is 1. The zero-order chi connectivity index (χ0) is 21.7. The average molecular weight is 454 g/mol. The number of nitrogens with one attached hydrogen (secondary N) is 1. The smallest absolute Gasteiger partial charge is 0.269 e. The number of rotatable bonds is 7. The van der Waals surface area contributed by atoms with Crippen LogP contribution in [0, 0.1) is 15.9 Å². The molecule has 1 aliphatic heterocycles. The SMILES string of the molecule is O=C(CSc1ccc([N+](=O)[O-])cc1)N1CCC(NS(=O)(=O)c2ccc(F)cc2)CC1. The number of nitro benzene ring substituents is 1. The van der Waals surface area contributed by atoms with E-state index in [-0.39, 0.29) is 28.3 Å². The topological polar surface area (TPSA) is 110 Å². The van der Waals surface area contributed by atoms with Crippen LogP contribution in [0.4, 0.5) is 10.1 Å². The van der Waals surface area contributed by atoms with E-state index in [1.54, 1.807) is 17.0 Å². The summed E-state index contributed by atoms with van der Waals surface area (Å²) in [7, 11) is -3.74. The fourth-order valence-corrected chi connectivity index (χ4v) is 5.15. The zero-order valence-corrected chi connectivity index (χ0v) is 17.5. The van der Waals surface area contributed by atoms with Crippen molar-refractivity contribution in [1.82, 2.24) is 9.62 Å². The number of amides is 1. The molecule has 8 nitrogen and oxygen atoms in total. The number of non-ortho nitro benzene ring substituents is 1. The summed E-state index contributed by atoms with van der Waals surface area (Å²) in [6, 6.07) is 10.3. The number of carbonyl (C=O) groups is 1. The number of hydrogen-bond acceptors (Lipinski definition) is 6. The zero-order valence-electron chi connectivity index (χ0n) is 15.9. The highest BCUT2D eigenvalue weighted by Gasteiger charge is 2.26. The first kappa shape index (κ1) is 22.2. The van der Waals surface area contributed by atoms with Crippen LogP contribution in [0.15, 0.2) is 58.3 Å².